The first-order chi connectivity index (χ1) is 13.5. The highest BCUT2D eigenvalue weighted by Gasteiger charge is 2.06. The Kier molecular flexibility index (Phi) is 6.32. The molecule has 0 aliphatic carbocycles. The van der Waals surface area contributed by atoms with Crippen LogP contribution in [0.25, 0.3) is 0 Å². The van der Waals surface area contributed by atoms with Gasteiger partial charge in [0.1, 0.15) is 23.9 Å². The van der Waals surface area contributed by atoms with Gasteiger partial charge in [-0.2, -0.15) is 4.98 Å². The summed E-state index contributed by atoms with van der Waals surface area (Å²) in [6, 6.07) is 15.7. The molecular formula is C22H26N4O2. The molecule has 2 aromatic carbocycles. The minimum Gasteiger partial charge on any atom is -0.497 e. The Labute approximate surface area is 166 Å². The van der Waals surface area contributed by atoms with Crippen LogP contribution in [0.4, 0.5) is 17.5 Å². The van der Waals surface area contributed by atoms with Crippen molar-refractivity contribution < 1.29 is 9.47 Å². The van der Waals surface area contributed by atoms with Crippen LogP contribution in [0.1, 0.15) is 16.8 Å². The molecule has 1 aromatic heterocycles. The highest BCUT2D eigenvalue weighted by molar-refractivity contribution is 5.65. The lowest BCUT2D eigenvalue weighted by Gasteiger charge is -2.14. The fraction of sp³-hybridized carbons (Fsp3) is 0.273. The monoisotopic (exact) mass is 378 g/mol. The molecule has 1 heterocycles. The Bertz CT molecular complexity index is 906. The molecule has 2 N–H and O–H groups in total. The Morgan fingerprint density at radius 1 is 0.893 bits per heavy atom. The Morgan fingerprint density at radius 3 is 2.25 bits per heavy atom. The zero-order valence-corrected chi connectivity index (χ0v) is 16.7. The quantitative estimate of drug-likeness (QED) is 0.556. The maximum Gasteiger partial charge on any atom is 0.224 e. The molecule has 3 aromatic rings. The maximum atomic E-state index is 5.73. The Hall–Kier alpha value is -3.28. The molecule has 6 nitrogen and oxygen atoms in total. The standard InChI is InChI=1S/C22H26N4O2/c1-15-6-5-7-16(2)21(15)25-20-14-17(3)24-22(26-20)23-12-13-28-19-10-8-18(27-4)9-11-19/h5-11,14H,12-13H2,1-4H3,(H2,23,24,25,26). The van der Waals surface area contributed by atoms with E-state index in [2.05, 4.69) is 52.6 Å². The maximum absolute atomic E-state index is 5.73. The van der Waals surface area contributed by atoms with Gasteiger partial charge in [-0.15, -0.1) is 0 Å². The van der Waals surface area contributed by atoms with Crippen molar-refractivity contribution in [2.75, 3.05) is 30.9 Å². The van der Waals surface area contributed by atoms with Crippen molar-refractivity contribution in [3.8, 4) is 11.5 Å². The number of hydrogen-bond donors (Lipinski definition) is 2. The summed E-state index contributed by atoms with van der Waals surface area (Å²) < 4.78 is 10.9. The molecule has 146 valence electrons. The average molecular weight is 378 g/mol. The third kappa shape index (κ3) is 5.13. The summed E-state index contributed by atoms with van der Waals surface area (Å²) in [5.41, 5.74) is 4.33. The minimum absolute atomic E-state index is 0.503. The molecule has 0 unspecified atom stereocenters. The summed E-state index contributed by atoms with van der Waals surface area (Å²) in [6.45, 7) is 7.22. The number of para-hydroxylation sites is 1. The summed E-state index contributed by atoms with van der Waals surface area (Å²) >= 11 is 0. The normalized spacial score (nSPS) is 10.4. The molecular weight excluding hydrogens is 352 g/mol. The van der Waals surface area contributed by atoms with Gasteiger partial charge in [0.2, 0.25) is 5.95 Å². The molecule has 0 fully saturated rings. The molecule has 6 heteroatoms. The van der Waals surface area contributed by atoms with Gasteiger partial charge in [-0.05, 0) is 56.2 Å². The van der Waals surface area contributed by atoms with Crippen LogP contribution in [0.15, 0.2) is 48.5 Å². The van der Waals surface area contributed by atoms with Crippen molar-refractivity contribution in [3.63, 3.8) is 0 Å². The molecule has 3 rings (SSSR count). The third-order valence-corrected chi connectivity index (χ3v) is 4.30. The molecule has 0 radical (unpaired) electrons. The number of aryl methyl sites for hydroxylation is 3. The van der Waals surface area contributed by atoms with E-state index in [4.69, 9.17) is 9.47 Å². The number of aromatic nitrogens is 2. The lowest BCUT2D eigenvalue weighted by Crippen LogP contribution is -2.14. The molecule has 0 spiro atoms. The number of hydrogen-bond acceptors (Lipinski definition) is 6. The number of methoxy groups -OCH3 is 1. The molecule has 0 aliphatic heterocycles. The van der Waals surface area contributed by atoms with E-state index < -0.39 is 0 Å². The van der Waals surface area contributed by atoms with Crippen LogP contribution in [0.5, 0.6) is 11.5 Å². The van der Waals surface area contributed by atoms with E-state index in [9.17, 15) is 0 Å². The second-order valence-corrected chi connectivity index (χ2v) is 6.56. The van der Waals surface area contributed by atoms with Crippen LogP contribution in [0, 0.1) is 20.8 Å². The number of rotatable bonds is 8. The van der Waals surface area contributed by atoms with E-state index in [1.165, 1.54) is 11.1 Å². The van der Waals surface area contributed by atoms with Crippen LogP contribution >= 0.6 is 0 Å². The lowest BCUT2D eigenvalue weighted by molar-refractivity contribution is 0.331. The van der Waals surface area contributed by atoms with Crippen LogP contribution in [-0.2, 0) is 0 Å². The fourth-order valence-corrected chi connectivity index (χ4v) is 2.86. The van der Waals surface area contributed by atoms with Gasteiger partial charge in [-0.3, -0.25) is 0 Å². The van der Waals surface area contributed by atoms with Gasteiger partial charge in [0.05, 0.1) is 13.7 Å². The molecule has 0 atom stereocenters. The molecule has 0 saturated carbocycles. The van der Waals surface area contributed by atoms with Crippen LogP contribution in [0.2, 0.25) is 0 Å². The van der Waals surface area contributed by atoms with Crippen molar-refractivity contribution in [2.24, 2.45) is 0 Å². The lowest BCUT2D eigenvalue weighted by atomic mass is 10.1. The van der Waals surface area contributed by atoms with Gasteiger partial charge in [0.15, 0.2) is 0 Å². The van der Waals surface area contributed by atoms with E-state index in [1.807, 2.05) is 37.3 Å². The Balaban J connectivity index is 1.58. The number of anilines is 3. The highest BCUT2D eigenvalue weighted by Crippen LogP contribution is 2.24. The first-order valence-corrected chi connectivity index (χ1v) is 9.25. The minimum atomic E-state index is 0.503. The highest BCUT2D eigenvalue weighted by atomic mass is 16.5. The van der Waals surface area contributed by atoms with Crippen molar-refractivity contribution in [3.05, 3.63) is 65.4 Å². The molecule has 0 amide bonds. The van der Waals surface area contributed by atoms with Gasteiger partial charge >= 0.3 is 0 Å². The van der Waals surface area contributed by atoms with Crippen molar-refractivity contribution >= 4 is 17.5 Å². The second kappa shape index (κ2) is 9.08. The van der Waals surface area contributed by atoms with Gasteiger partial charge < -0.3 is 20.1 Å². The number of benzene rings is 2. The zero-order chi connectivity index (χ0) is 19.9. The Morgan fingerprint density at radius 2 is 1.57 bits per heavy atom. The van der Waals surface area contributed by atoms with Gasteiger partial charge in [-0.1, -0.05) is 18.2 Å². The number of nitrogens with one attached hydrogen (secondary N) is 2. The van der Waals surface area contributed by atoms with Crippen molar-refractivity contribution in [2.45, 2.75) is 20.8 Å². The molecule has 0 aliphatic rings. The predicted molar refractivity (Wildman–Crippen MR) is 113 cm³/mol. The van der Waals surface area contributed by atoms with Gasteiger partial charge in [0.25, 0.3) is 0 Å². The predicted octanol–water partition coefficient (Wildman–Crippen LogP) is 4.64. The number of ether oxygens (including phenoxy) is 2. The number of nitrogens with zero attached hydrogens (tertiary/aromatic N) is 2. The fourth-order valence-electron chi connectivity index (χ4n) is 2.86. The zero-order valence-electron chi connectivity index (χ0n) is 16.7. The first-order valence-electron chi connectivity index (χ1n) is 9.25. The van der Waals surface area contributed by atoms with Crippen LogP contribution in [-0.4, -0.2) is 30.2 Å². The summed E-state index contributed by atoms with van der Waals surface area (Å²) in [7, 11) is 1.64. The van der Waals surface area contributed by atoms with Crippen LogP contribution in [0.3, 0.4) is 0 Å². The largest absolute Gasteiger partial charge is 0.497 e. The van der Waals surface area contributed by atoms with Gasteiger partial charge in [-0.25, -0.2) is 4.98 Å². The van der Waals surface area contributed by atoms with Crippen molar-refractivity contribution in [1.82, 2.24) is 9.97 Å². The third-order valence-electron chi connectivity index (χ3n) is 4.30. The van der Waals surface area contributed by atoms with Crippen molar-refractivity contribution in [1.29, 1.82) is 0 Å². The summed E-state index contributed by atoms with van der Waals surface area (Å²) in [5.74, 6) is 2.95. The van der Waals surface area contributed by atoms with Crippen LogP contribution < -0.4 is 20.1 Å². The topological polar surface area (TPSA) is 68.3 Å². The molecule has 0 saturated heterocycles. The molecule has 0 bridgehead atoms. The van der Waals surface area contributed by atoms with E-state index in [0.717, 1.165) is 28.7 Å². The average Bonchev–Trinajstić information content (AvgIpc) is 2.68. The molecule has 28 heavy (non-hydrogen) atoms. The first kappa shape index (κ1) is 19.5. The second-order valence-electron chi connectivity index (χ2n) is 6.56. The SMILES string of the molecule is COc1ccc(OCCNc2nc(C)cc(Nc3c(C)cccc3C)n2)cc1. The summed E-state index contributed by atoms with van der Waals surface area (Å²) in [5, 5.41) is 6.64. The van der Waals surface area contributed by atoms with Gasteiger partial charge in [0, 0.05) is 17.4 Å². The smallest absolute Gasteiger partial charge is 0.224 e. The van der Waals surface area contributed by atoms with E-state index in [-0.39, 0.29) is 0 Å². The summed E-state index contributed by atoms with van der Waals surface area (Å²) in [6.07, 6.45) is 0. The van der Waals surface area contributed by atoms with E-state index >= 15 is 0 Å². The van der Waals surface area contributed by atoms with E-state index in [0.29, 0.717) is 19.1 Å². The summed E-state index contributed by atoms with van der Waals surface area (Å²) in [4.78, 5) is 9.03. The van der Waals surface area contributed by atoms with E-state index in [1.54, 1.807) is 7.11 Å².